The summed E-state index contributed by atoms with van der Waals surface area (Å²) >= 11 is 0. The molecule has 0 unspecified atom stereocenters. The lowest BCUT2D eigenvalue weighted by Crippen LogP contribution is -1.97. The van der Waals surface area contributed by atoms with Gasteiger partial charge in [0.25, 0.3) is 11.4 Å². The summed E-state index contributed by atoms with van der Waals surface area (Å²) in [5, 5.41) is 20.1. The van der Waals surface area contributed by atoms with Gasteiger partial charge in [-0.25, -0.2) is 4.85 Å². The first kappa shape index (κ1) is 12.4. The fourth-order valence-corrected chi connectivity index (χ4v) is 1.18. The first-order chi connectivity index (χ1) is 7.97. The van der Waals surface area contributed by atoms with Crippen LogP contribution in [0.4, 0.5) is 5.69 Å². The van der Waals surface area contributed by atoms with E-state index in [0.717, 1.165) is 6.92 Å². The van der Waals surface area contributed by atoms with Gasteiger partial charge < -0.3 is 9.90 Å². The van der Waals surface area contributed by atoms with Crippen molar-refractivity contribution in [2.45, 2.75) is 6.92 Å². The van der Waals surface area contributed by atoms with E-state index < -0.39 is 16.5 Å². The molecule has 0 saturated carbocycles. The number of hydrogen-bond donors (Lipinski definition) is 1. The maximum atomic E-state index is 11.0. The number of carbonyl (C=O) groups is 1. The number of nitro benzene ring substituents is 1. The minimum atomic E-state index is -0.578. The fraction of sp³-hybridized carbons (Fsp3) is 0.0909. The minimum Gasteiger partial charge on any atom is -0.518 e. The Morgan fingerprint density at radius 1 is 1.41 bits per heavy atom. The highest BCUT2D eigenvalue weighted by atomic mass is 16.6. The summed E-state index contributed by atoms with van der Waals surface area (Å²) in [7, 11) is 0. The first-order valence-corrected chi connectivity index (χ1v) is 4.54. The number of nitro groups is 1. The Kier molecular flexibility index (Phi) is 3.57. The lowest BCUT2D eigenvalue weighted by molar-refractivity contribution is -0.384. The molecular weight excluding hydrogens is 224 g/mol. The van der Waals surface area contributed by atoms with Crippen LogP contribution in [0.5, 0.6) is 0 Å². The predicted octanol–water partition coefficient (Wildman–Crippen LogP) is 2.33. The third-order valence-electron chi connectivity index (χ3n) is 2.02. The normalized spacial score (nSPS) is 11.3. The molecule has 0 aliphatic rings. The zero-order chi connectivity index (χ0) is 13.0. The Morgan fingerprint density at radius 2 is 1.94 bits per heavy atom. The van der Waals surface area contributed by atoms with Crippen molar-refractivity contribution < 1.29 is 14.8 Å². The molecule has 0 fully saturated rings. The van der Waals surface area contributed by atoms with Crippen LogP contribution in [0.1, 0.15) is 12.5 Å². The summed E-state index contributed by atoms with van der Waals surface area (Å²) < 4.78 is 0. The summed E-state index contributed by atoms with van der Waals surface area (Å²) in [6.07, 6.45) is 0. The number of aliphatic hydroxyl groups is 1. The fourth-order valence-electron chi connectivity index (χ4n) is 1.18. The third-order valence-corrected chi connectivity index (χ3v) is 2.02. The summed E-state index contributed by atoms with van der Waals surface area (Å²) in [6, 6.07) is 4.93. The Morgan fingerprint density at radius 3 is 2.29 bits per heavy atom. The number of hydrogen-bond acceptors (Lipinski definition) is 4. The molecule has 1 rings (SSSR count). The molecule has 6 nitrogen and oxygen atoms in total. The number of benzene rings is 1. The van der Waals surface area contributed by atoms with Gasteiger partial charge in [0.1, 0.15) is 5.76 Å². The molecule has 1 aromatic carbocycles. The van der Waals surface area contributed by atoms with Crippen molar-refractivity contribution in [1.82, 2.24) is 0 Å². The van der Waals surface area contributed by atoms with E-state index in [4.69, 9.17) is 6.57 Å². The van der Waals surface area contributed by atoms with Crippen molar-refractivity contribution in [2.75, 3.05) is 0 Å². The molecule has 6 heteroatoms. The molecule has 0 bridgehead atoms. The van der Waals surface area contributed by atoms with Gasteiger partial charge in [-0.05, 0) is 19.1 Å². The quantitative estimate of drug-likeness (QED) is 0.285. The number of ketones is 1. The van der Waals surface area contributed by atoms with Crippen LogP contribution in [0.15, 0.2) is 30.0 Å². The molecule has 86 valence electrons. The second-order valence-electron chi connectivity index (χ2n) is 3.17. The van der Waals surface area contributed by atoms with Crippen molar-refractivity contribution in [3.63, 3.8) is 0 Å². The van der Waals surface area contributed by atoms with Crippen molar-refractivity contribution in [3.05, 3.63) is 57.1 Å². The number of non-ortho nitro benzene ring substituents is 1. The van der Waals surface area contributed by atoms with Crippen molar-refractivity contribution >= 4 is 17.2 Å². The van der Waals surface area contributed by atoms with Gasteiger partial charge in [0.15, 0.2) is 5.78 Å². The predicted molar refractivity (Wildman–Crippen MR) is 59.9 cm³/mol. The van der Waals surface area contributed by atoms with Gasteiger partial charge in [-0.15, -0.1) is 0 Å². The zero-order valence-electron chi connectivity index (χ0n) is 8.88. The molecular formula is C11H8N2O4. The summed E-state index contributed by atoms with van der Waals surface area (Å²) in [5.74, 6) is -1.03. The number of aliphatic hydroxyl groups excluding tert-OH is 1. The van der Waals surface area contributed by atoms with Gasteiger partial charge in [0, 0.05) is 17.7 Å². The molecule has 0 amide bonds. The maximum absolute atomic E-state index is 11.0. The van der Waals surface area contributed by atoms with E-state index in [0.29, 0.717) is 0 Å². The topological polar surface area (TPSA) is 84.8 Å². The third kappa shape index (κ3) is 2.66. The second kappa shape index (κ2) is 4.90. The lowest BCUT2D eigenvalue weighted by atomic mass is 10.1. The van der Waals surface area contributed by atoms with E-state index in [1.165, 1.54) is 24.3 Å². The van der Waals surface area contributed by atoms with E-state index in [2.05, 4.69) is 4.85 Å². The molecule has 0 aliphatic carbocycles. The van der Waals surface area contributed by atoms with Gasteiger partial charge in [-0.1, -0.05) is 0 Å². The average Bonchev–Trinajstić information content (AvgIpc) is 2.29. The van der Waals surface area contributed by atoms with E-state index in [-0.39, 0.29) is 16.9 Å². The van der Waals surface area contributed by atoms with Crippen LogP contribution >= 0.6 is 0 Å². The van der Waals surface area contributed by atoms with E-state index in [9.17, 15) is 20.0 Å². The standard InChI is InChI=1S/C11H8N2O4/c1-7(14)10(12-2)11(15)8-3-5-9(6-4-8)13(16)17/h3-6,15H,1H3. The van der Waals surface area contributed by atoms with Crippen LogP contribution in [0, 0.1) is 16.7 Å². The SMILES string of the molecule is [C-]#[N+]C(C(C)=O)=C(O)c1ccc([N+](=O)[O-])cc1. The average molecular weight is 232 g/mol. The second-order valence-corrected chi connectivity index (χ2v) is 3.17. The highest BCUT2D eigenvalue weighted by Crippen LogP contribution is 2.20. The number of Topliss-reactive ketones (excluding diaryl/α,β-unsaturated/α-hetero) is 1. The molecule has 0 radical (unpaired) electrons. The molecule has 0 aliphatic heterocycles. The summed E-state index contributed by atoms with van der Waals surface area (Å²) in [5.41, 5.74) is -0.329. The van der Waals surface area contributed by atoms with Crippen molar-refractivity contribution in [2.24, 2.45) is 0 Å². The van der Waals surface area contributed by atoms with Crippen LogP contribution in [0.3, 0.4) is 0 Å². The van der Waals surface area contributed by atoms with Gasteiger partial charge in [-0.3, -0.25) is 10.1 Å². The van der Waals surface area contributed by atoms with Gasteiger partial charge in [0.05, 0.1) is 11.5 Å². The van der Waals surface area contributed by atoms with Gasteiger partial charge in [0.2, 0.25) is 0 Å². The smallest absolute Gasteiger partial charge is 0.270 e. The maximum Gasteiger partial charge on any atom is 0.270 e. The van der Waals surface area contributed by atoms with Crippen LogP contribution in [0.25, 0.3) is 10.6 Å². The first-order valence-electron chi connectivity index (χ1n) is 4.54. The van der Waals surface area contributed by atoms with Crippen LogP contribution < -0.4 is 0 Å². The Balaban J connectivity index is 3.22. The highest BCUT2D eigenvalue weighted by Gasteiger charge is 2.14. The summed E-state index contributed by atoms with van der Waals surface area (Å²) in [6.45, 7) is 7.92. The number of allylic oxidation sites excluding steroid dienone is 1. The Bertz CT molecular complexity index is 538. The summed E-state index contributed by atoms with van der Waals surface area (Å²) in [4.78, 5) is 23.8. The highest BCUT2D eigenvalue weighted by molar-refractivity contribution is 6.01. The molecule has 0 aromatic heterocycles. The molecule has 1 aromatic rings. The number of carbonyl (C=O) groups excluding carboxylic acids is 1. The molecule has 17 heavy (non-hydrogen) atoms. The molecule has 0 heterocycles. The van der Waals surface area contributed by atoms with Gasteiger partial charge >= 0.3 is 0 Å². The molecule has 0 saturated heterocycles. The lowest BCUT2D eigenvalue weighted by Gasteiger charge is -2.01. The van der Waals surface area contributed by atoms with Crippen LogP contribution in [-0.2, 0) is 4.79 Å². The van der Waals surface area contributed by atoms with Crippen LogP contribution in [-0.4, -0.2) is 15.8 Å². The number of rotatable bonds is 3. The largest absolute Gasteiger partial charge is 0.518 e. The van der Waals surface area contributed by atoms with E-state index in [1.54, 1.807) is 0 Å². The Labute approximate surface area is 96.8 Å². The van der Waals surface area contributed by atoms with Gasteiger partial charge in [-0.2, -0.15) is 0 Å². The van der Waals surface area contributed by atoms with Crippen LogP contribution in [0.2, 0.25) is 0 Å². The minimum absolute atomic E-state index is 0.131. The number of nitrogens with zero attached hydrogens (tertiary/aromatic N) is 2. The molecule has 0 spiro atoms. The molecule has 0 atom stereocenters. The van der Waals surface area contributed by atoms with Crippen molar-refractivity contribution in [3.8, 4) is 0 Å². The van der Waals surface area contributed by atoms with E-state index in [1.807, 2.05) is 0 Å². The molecule has 1 N–H and O–H groups in total. The zero-order valence-corrected chi connectivity index (χ0v) is 8.88. The van der Waals surface area contributed by atoms with Crippen molar-refractivity contribution in [1.29, 1.82) is 0 Å². The van der Waals surface area contributed by atoms with E-state index >= 15 is 0 Å². The monoisotopic (exact) mass is 232 g/mol. The Hall–Kier alpha value is -2.68.